The van der Waals surface area contributed by atoms with Crippen molar-refractivity contribution in [2.45, 2.75) is 50.8 Å². The monoisotopic (exact) mass is 571 g/mol. The van der Waals surface area contributed by atoms with Gasteiger partial charge in [-0.05, 0) is 60.1 Å². The molecular formula is C30H28F3NO7. The molecule has 0 saturated heterocycles. The number of hydrogen-bond acceptors (Lipinski definition) is 7. The second kappa shape index (κ2) is 10.1. The summed E-state index contributed by atoms with van der Waals surface area (Å²) < 4.78 is 45.5. The lowest BCUT2D eigenvalue weighted by Gasteiger charge is -2.46. The van der Waals surface area contributed by atoms with Crippen LogP contribution in [0, 0.1) is 11.8 Å². The van der Waals surface area contributed by atoms with E-state index < -0.39 is 70.2 Å². The Kier molecular flexibility index (Phi) is 6.97. The van der Waals surface area contributed by atoms with Gasteiger partial charge in [0.15, 0.2) is 11.4 Å². The van der Waals surface area contributed by atoms with Crippen LogP contribution in [0.3, 0.4) is 0 Å². The topological polar surface area (TPSA) is 147 Å². The Morgan fingerprint density at radius 2 is 1.78 bits per heavy atom. The van der Waals surface area contributed by atoms with Crippen molar-refractivity contribution in [2.24, 2.45) is 17.6 Å². The Balaban J connectivity index is 1.68. The van der Waals surface area contributed by atoms with Crippen molar-refractivity contribution in [2.75, 3.05) is 6.61 Å². The summed E-state index contributed by atoms with van der Waals surface area (Å²) in [5.41, 5.74) is 2.41. The van der Waals surface area contributed by atoms with Gasteiger partial charge in [-0.2, -0.15) is 13.2 Å². The summed E-state index contributed by atoms with van der Waals surface area (Å²) in [4.78, 5) is 38.2. The highest BCUT2D eigenvalue weighted by Gasteiger charge is 2.60. The van der Waals surface area contributed by atoms with Gasteiger partial charge in [-0.25, -0.2) is 0 Å². The number of aliphatic hydroxyl groups is 3. The van der Waals surface area contributed by atoms with Crippen LogP contribution in [0.15, 0.2) is 53.3 Å². The second-order valence-corrected chi connectivity index (χ2v) is 10.6. The van der Waals surface area contributed by atoms with Gasteiger partial charge in [-0.1, -0.05) is 31.5 Å². The number of amides is 1. The van der Waals surface area contributed by atoms with Crippen LogP contribution in [0.1, 0.15) is 49.3 Å². The first-order valence-corrected chi connectivity index (χ1v) is 13.2. The minimum absolute atomic E-state index is 0.00368. The minimum Gasteiger partial charge on any atom is -0.508 e. The van der Waals surface area contributed by atoms with E-state index in [4.69, 9.17) is 10.5 Å². The summed E-state index contributed by atoms with van der Waals surface area (Å²) in [7, 11) is 0. The van der Waals surface area contributed by atoms with Gasteiger partial charge in [0.05, 0.1) is 17.7 Å². The van der Waals surface area contributed by atoms with Crippen LogP contribution in [0.2, 0.25) is 0 Å². The molecule has 3 atom stereocenters. The van der Waals surface area contributed by atoms with Crippen molar-refractivity contribution in [3.05, 3.63) is 70.0 Å². The fourth-order valence-electron chi connectivity index (χ4n) is 6.16. The van der Waals surface area contributed by atoms with Crippen LogP contribution >= 0.6 is 0 Å². The molecule has 3 unspecified atom stereocenters. The van der Waals surface area contributed by atoms with Crippen molar-refractivity contribution < 1.29 is 47.6 Å². The van der Waals surface area contributed by atoms with Crippen molar-refractivity contribution in [1.29, 1.82) is 0 Å². The maximum absolute atomic E-state index is 13.8. The van der Waals surface area contributed by atoms with Crippen molar-refractivity contribution in [1.82, 2.24) is 0 Å². The predicted octanol–water partition coefficient (Wildman–Crippen LogP) is 4.58. The molecule has 8 nitrogen and oxygen atoms in total. The van der Waals surface area contributed by atoms with E-state index in [1.807, 2.05) is 6.92 Å². The number of primary amides is 1. The Bertz CT molecular complexity index is 1520. The van der Waals surface area contributed by atoms with E-state index in [9.17, 15) is 42.9 Å². The number of carbonyl (C=O) groups is 3. The smallest absolute Gasteiger partial charge is 0.416 e. The fourth-order valence-corrected chi connectivity index (χ4v) is 6.16. The van der Waals surface area contributed by atoms with Crippen LogP contribution in [-0.2, 0) is 27.0 Å². The van der Waals surface area contributed by atoms with Gasteiger partial charge in [0.2, 0.25) is 5.78 Å². The quantitative estimate of drug-likeness (QED) is 0.293. The van der Waals surface area contributed by atoms with E-state index in [0.717, 1.165) is 18.6 Å². The molecule has 0 aliphatic heterocycles. The molecule has 0 bridgehead atoms. The number of halogens is 3. The van der Waals surface area contributed by atoms with Crippen molar-refractivity contribution in [3.63, 3.8) is 0 Å². The molecule has 2 aromatic rings. The highest BCUT2D eigenvalue weighted by Crippen LogP contribution is 2.53. The average molecular weight is 572 g/mol. The highest BCUT2D eigenvalue weighted by molar-refractivity contribution is 6.22. The lowest BCUT2D eigenvalue weighted by molar-refractivity contribution is -0.147. The number of fused-ring (bicyclic) bond motifs is 3. The summed E-state index contributed by atoms with van der Waals surface area (Å²) >= 11 is 0. The third-order valence-electron chi connectivity index (χ3n) is 8.21. The molecule has 3 aliphatic rings. The third-order valence-corrected chi connectivity index (χ3v) is 8.21. The van der Waals surface area contributed by atoms with E-state index in [-0.39, 0.29) is 29.7 Å². The maximum Gasteiger partial charge on any atom is 0.416 e. The largest absolute Gasteiger partial charge is 0.508 e. The molecule has 1 saturated carbocycles. The number of carbonyl (C=O) groups excluding carboxylic acids is 3. The Morgan fingerprint density at radius 1 is 1.10 bits per heavy atom. The van der Waals surface area contributed by atoms with Gasteiger partial charge in [-0.15, -0.1) is 0 Å². The van der Waals surface area contributed by atoms with E-state index in [0.29, 0.717) is 29.7 Å². The molecule has 0 radical (unpaired) electrons. The number of nitrogens with two attached hydrogens (primary N) is 1. The normalized spacial score (nSPS) is 24.1. The van der Waals surface area contributed by atoms with Crippen LogP contribution in [0.5, 0.6) is 5.75 Å². The van der Waals surface area contributed by atoms with Gasteiger partial charge in [0, 0.05) is 17.9 Å². The summed E-state index contributed by atoms with van der Waals surface area (Å²) in [5.74, 6) is -6.31. The summed E-state index contributed by atoms with van der Waals surface area (Å²) in [6.45, 7) is 2.26. The van der Waals surface area contributed by atoms with Crippen LogP contribution in [-0.4, -0.2) is 45.0 Å². The predicted molar refractivity (Wildman–Crippen MR) is 141 cm³/mol. The number of aliphatic hydroxyl groups excluding tert-OH is 2. The summed E-state index contributed by atoms with van der Waals surface area (Å²) in [6, 6.07) is 7.81. The average Bonchev–Trinajstić information content (AvgIpc) is 2.90. The zero-order chi connectivity index (χ0) is 29.9. The molecule has 0 heterocycles. The molecule has 0 spiro atoms. The van der Waals surface area contributed by atoms with Gasteiger partial charge in [-0.3, -0.25) is 14.4 Å². The molecule has 216 valence electrons. The van der Waals surface area contributed by atoms with E-state index in [1.54, 1.807) is 12.1 Å². The SMILES string of the molecule is CCCCOc1ccc(-c2ccc(C(F)(F)F)cc2)c2c1C(O)=C1C(=O)C3(O)C(O)=C(C(N)=O)C(=O)CC3CC1C2. The van der Waals surface area contributed by atoms with Gasteiger partial charge < -0.3 is 25.8 Å². The first-order valence-electron chi connectivity index (χ1n) is 13.2. The molecule has 41 heavy (non-hydrogen) atoms. The molecule has 1 amide bonds. The minimum atomic E-state index is -4.52. The molecule has 5 N–H and O–H groups in total. The second-order valence-electron chi connectivity index (χ2n) is 10.6. The Morgan fingerprint density at radius 3 is 2.39 bits per heavy atom. The Labute approximate surface area is 232 Å². The number of unbranched alkanes of at least 4 members (excludes halogenated alkanes) is 1. The number of Topliss-reactive ketones (excluding diaryl/α,β-unsaturated/α-hetero) is 2. The third kappa shape index (κ3) is 4.48. The summed E-state index contributed by atoms with van der Waals surface area (Å²) in [5, 5.41) is 33.8. The summed E-state index contributed by atoms with van der Waals surface area (Å²) in [6.07, 6.45) is -3.30. The molecule has 3 aliphatic carbocycles. The molecule has 11 heteroatoms. The number of hydrogen-bond donors (Lipinski definition) is 4. The zero-order valence-electron chi connectivity index (χ0n) is 22.0. The molecular weight excluding hydrogens is 543 g/mol. The molecule has 2 aromatic carbocycles. The van der Waals surface area contributed by atoms with Crippen LogP contribution in [0.4, 0.5) is 13.2 Å². The maximum atomic E-state index is 13.8. The highest BCUT2D eigenvalue weighted by atomic mass is 19.4. The number of alkyl halides is 3. The zero-order valence-corrected chi connectivity index (χ0v) is 22.0. The lowest BCUT2D eigenvalue weighted by atomic mass is 9.59. The van der Waals surface area contributed by atoms with Crippen molar-refractivity contribution >= 4 is 23.2 Å². The number of ether oxygens (including phenoxy) is 1. The number of ketones is 2. The molecule has 0 aromatic heterocycles. The van der Waals surface area contributed by atoms with E-state index in [1.165, 1.54) is 12.1 Å². The number of benzene rings is 2. The Hall–Kier alpha value is -4.12. The lowest BCUT2D eigenvalue weighted by Crippen LogP contribution is -2.58. The van der Waals surface area contributed by atoms with E-state index in [2.05, 4.69) is 0 Å². The van der Waals surface area contributed by atoms with Gasteiger partial charge in [0.1, 0.15) is 22.8 Å². The first-order chi connectivity index (χ1) is 19.3. The van der Waals surface area contributed by atoms with E-state index >= 15 is 0 Å². The van der Waals surface area contributed by atoms with Crippen molar-refractivity contribution in [3.8, 4) is 16.9 Å². The fraction of sp³-hybridized carbons (Fsp3) is 0.367. The first kappa shape index (κ1) is 28.4. The van der Waals surface area contributed by atoms with Gasteiger partial charge in [0.25, 0.3) is 5.91 Å². The standard InChI is InChI=1S/C30H28F3NO7/c1-2-3-10-41-21-9-8-18(14-4-6-16(7-5-14)30(31,32)33)19-12-15-11-17-13-20(35)24(28(34)39)27(38)29(17,40)26(37)22(15)25(36)23(19)21/h4-9,15,17,36,38,40H,2-3,10-13H2,1H3,(H2,34,39). The molecule has 5 rings (SSSR count). The number of rotatable bonds is 6. The van der Waals surface area contributed by atoms with Gasteiger partial charge >= 0.3 is 6.18 Å². The van der Waals surface area contributed by atoms with Crippen LogP contribution < -0.4 is 10.5 Å². The molecule has 1 fully saturated rings. The van der Waals surface area contributed by atoms with Crippen LogP contribution in [0.25, 0.3) is 16.9 Å².